The number of aliphatic carboxylic acids is 1. The van der Waals surface area contributed by atoms with Crippen LogP contribution in [0.4, 0.5) is 4.39 Å². The summed E-state index contributed by atoms with van der Waals surface area (Å²) in [5, 5.41) is 6.70. The lowest BCUT2D eigenvalue weighted by Crippen LogP contribution is -2.28. The van der Waals surface area contributed by atoms with Gasteiger partial charge in [0.25, 0.3) is 0 Å². The number of carbonyl (C=O) groups is 1. The molecular formula is C10H9Cl2FO2. The van der Waals surface area contributed by atoms with Gasteiger partial charge in [0.15, 0.2) is 0 Å². The van der Waals surface area contributed by atoms with Crippen LogP contribution in [-0.4, -0.2) is 11.1 Å². The summed E-state index contributed by atoms with van der Waals surface area (Å²) < 4.78 is 13.9. The van der Waals surface area contributed by atoms with Gasteiger partial charge in [-0.15, -0.1) is 0 Å². The number of halogens is 3. The molecule has 0 bridgehead atoms. The van der Waals surface area contributed by atoms with Gasteiger partial charge in [-0.1, -0.05) is 35.3 Å². The summed E-state index contributed by atoms with van der Waals surface area (Å²) in [6, 6.07) is 5.66. The van der Waals surface area contributed by atoms with Gasteiger partial charge in [-0.25, -0.2) is 4.39 Å². The first kappa shape index (κ1) is 12.3. The van der Waals surface area contributed by atoms with E-state index in [1.54, 1.807) is 0 Å². The number of benzene rings is 1. The van der Waals surface area contributed by atoms with Crippen LogP contribution in [0.5, 0.6) is 0 Å². The number of alkyl halides is 2. The second kappa shape index (κ2) is 4.37. The molecule has 2 unspecified atom stereocenters. The van der Waals surface area contributed by atoms with E-state index in [2.05, 4.69) is 0 Å². The highest BCUT2D eigenvalue weighted by molar-refractivity contribution is 6.30. The highest BCUT2D eigenvalue weighted by Gasteiger charge is 2.40. The molecule has 0 fully saturated rings. The van der Waals surface area contributed by atoms with E-state index in [0.29, 0.717) is 5.02 Å². The molecule has 1 aromatic carbocycles. The van der Waals surface area contributed by atoms with Crippen molar-refractivity contribution >= 4 is 29.2 Å². The minimum absolute atomic E-state index is 0.0865. The molecule has 0 spiro atoms. The molecule has 2 atom stereocenters. The zero-order chi connectivity index (χ0) is 11.6. The van der Waals surface area contributed by atoms with Crippen molar-refractivity contribution in [3.63, 3.8) is 0 Å². The Labute approximate surface area is 96.6 Å². The molecule has 0 amide bonds. The standard InChI is InChI=1S/C10H9Cl2FO2/c1-6(9(14)15)10(12,13)7-2-4-8(11)5-3-7/h2-6H,1H3,(H,14,15). The molecule has 0 saturated heterocycles. The molecular weight excluding hydrogens is 242 g/mol. The van der Waals surface area contributed by atoms with Crippen LogP contribution < -0.4 is 0 Å². The Hall–Kier alpha value is -0.800. The van der Waals surface area contributed by atoms with Gasteiger partial charge in [0.1, 0.15) is 5.92 Å². The number of carboxylic acids is 1. The second-order valence-corrected chi connectivity index (χ2v) is 4.18. The number of hydrogen-bond acceptors (Lipinski definition) is 1. The largest absolute Gasteiger partial charge is 0.481 e. The van der Waals surface area contributed by atoms with Gasteiger partial charge in [-0.3, -0.25) is 4.79 Å². The van der Waals surface area contributed by atoms with Gasteiger partial charge in [-0.05, 0) is 19.1 Å². The van der Waals surface area contributed by atoms with Crippen molar-refractivity contribution in [1.29, 1.82) is 0 Å². The zero-order valence-electron chi connectivity index (χ0n) is 7.88. The van der Waals surface area contributed by atoms with Crippen molar-refractivity contribution in [3.05, 3.63) is 34.9 Å². The highest BCUT2D eigenvalue weighted by atomic mass is 35.5. The van der Waals surface area contributed by atoms with E-state index in [1.165, 1.54) is 31.2 Å². The van der Waals surface area contributed by atoms with Crippen LogP contribution in [0, 0.1) is 5.92 Å². The summed E-state index contributed by atoms with van der Waals surface area (Å²) >= 11 is 11.2. The third kappa shape index (κ3) is 2.61. The summed E-state index contributed by atoms with van der Waals surface area (Å²) in [4.78, 5) is 10.6. The maximum Gasteiger partial charge on any atom is 0.311 e. The lowest BCUT2D eigenvalue weighted by molar-refractivity contribution is -0.144. The van der Waals surface area contributed by atoms with Crippen LogP contribution in [-0.2, 0) is 9.92 Å². The molecule has 0 aliphatic heterocycles. The van der Waals surface area contributed by atoms with Crippen LogP contribution in [0.15, 0.2) is 24.3 Å². The minimum Gasteiger partial charge on any atom is -0.481 e. The predicted molar refractivity (Wildman–Crippen MR) is 56.9 cm³/mol. The summed E-state index contributed by atoms with van der Waals surface area (Å²) in [6.45, 7) is 1.21. The van der Waals surface area contributed by atoms with Crippen LogP contribution >= 0.6 is 23.2 Å². The third-order valence-corrected chi connectivity index (χ3v) is 2.94. The number of carboxylic acid groups (broad SMARTS) is 1. The van der Waals surface area contributed by atoms with Crippen LogP contribution in [0.3, 0.4) is 0 Å². The minimum atomic E-state index is -2.42. The highest BCUT2D eigenvalue weighted by Crippen LogP contribution is 2.38. The van der Waals surface area contributed by atoms with Gasteiger partial charge in [0.05, 0.1) is 0 Å². The first-order chi connectivity index (χ1) is 6.85. The van der Waals surface area contributed by atoms with Crippen molar-refractivity contribution in [2.45, 2.75) is 12.1 Å². The molecule has 1 N–H and O–H groups in total. The van der Waals surface area contributed by atoms with E-state index in [4.69, 9.17) is 28.3 Å². The fraction of sp³-hybridized carbons (Fsp3) is 0.300. The average molecular weight is 251 g/mol. The Kier molecular flexibility index (Phi) is 3.58. The molecule has 15 heavy (non-hydrogen) atoms. The maximum atomic E-state index is 13.9. The lowest BCUT2D eigenvalue weighted by atomic mass is 9.98. The fourth-order valence-corrected chi connectivity index (χ4v) is 1.42. The molecule has 1 rings (SSSR count). The van der Waals surface area contributed by atoms with Crippen molar-refractivity contribution in [2.75, 3.05) is 0 Å². The first-order valence-corrected chi connectivity index (χ1v) is 4.98. The van der Waals surface area contributed by atoms with Gasteiger partial charge in [0.2, 0.25) is 5.13 Å². The smallest absolute Gasteiger partial charge is 0.311 e. The molecule has 0 heterocycles. The van der Waals surface area contributed by atoms with E-state index in [0.717, 1.165) is 0 Å². The molecule has 1 aromatic rings. The molecule has 2 nitrogen and oxygen atoms in total. The van der Waals surface area contributed by atoms with Crippen molar-refractivity contribution in [2.24, 2.45) is 5.92 Å². The van der Waals surface area contributed by atoms with E-state index >= 15 is 0 Å². The summed E-state index contributed by atoms with van der Waals surface area (Å²) in [7, 11) is 0. The Morgan fingerprint density at radius 2 is 1.93 bits per heavy atom. The van der Waals surface area contributed by atoms with Crippen LogP contribution in [0.25, 0.3) is 0 Å². The Balaban J connectivity index is 3.05. The van der Waals surface area contributed by atoms with Gasteiger partial charge < -0.3 is 5.11 Å². The van der Waals surface area contributed by atoms with Crippen molar-refractivity contribution < 1.29 is 14.3 Å². The van der Waals surface area contributed by atoms with E-state index in [1.807, 2.05) is 0 Å². The van der Waals surface area contributed by atoms with Gasteiger partial charge >= 0.3 is 5.97 Å². The number of hydrogen-bond donors (Lipinski definition) is 1. The monoisotopic (exact) mass is 250 g/mol. The Bertz CT molecular complexity index is 362. The average Bonchev–Trinajstić information content (AvgIpc) is 2.17. The molecule has 5 heteroatoms. The predicted octanol–water partition coefficient (Wildman–Crippen LogP) is 3.42. The molecule has 0 aliphatic rings. The quantitative estimate of drug-likeness (QED) is 0.835. The number of rotatable bonds is 3. The first-order valence-electron chi connectivity index (χ1n) is 4.22. The van der Waals surface area contributed by atoms with Gasteiger partial charge in [0, 0.05) is 10.6 Å². The molecule has 0 radical (unpaired) electrons. The zero-order valence-corrected chi connectivity index (χ0v) is 9.39. The van der Waals surface area contributed by atoms with E-state index in [9.17, 15) is 9.18 Å². The summed E-state index contributed by atoms with van der Waals surface area (Å²) in [6.07, 6.45) is 0. The molecule has 0 aliphatic carbocycles. The molecule has 0 aromatic heterocycles. The topological polar surface area (TPSA) is 37.3 Å². The second-order valence-electron chi connectivity index (χ2n) is 3.19. The maximum absolute atomic E-state index is 13.9. The van der Waals surface area contributed by atoms with E-state index < -0.39 is 17.0 Å². The summed E-state index contributed by atoms with van der Waals surface area (Å²) in [5.74, 6) is -2.62. The molecule has 0 saturated carbocycles. The third-order valence-electron chi connectivity index (χ3n) is 2.14. The normalized spacial score (nSPS) is 16.8. The van der Waals surface area contributed by atoms with Crippen molar-refractivity contribution in [3.8, 4) is 0 Å². The SMILES string of the molecule is CC(C(=O)O)C(F)(Cl)c1ccc(Cl)cc1. The van der Waals surface area contributed by atoms with Crippen molar-refractivity contribution in [1.82, 2.24) is 0 Å². The molecule has 82 valence electrons. The fourth-order valence-electron chi connectivity index (χ4n) is 1.08. The van der Waals surface area contributed by atoms with Gasteiger partial charge in [-0.2, -0.15) is 0 Å². The van der Waals surface area contributed by atoms with E-state index in [-0.39, 0.29) is 5.56 Å². The Morgan fingerprint density at radius 1 is 1.47 bits per heavy atom. The lowest BCUT2D eigenvalue weighted by Gasteiger charge is -2.22. The van der Waals surface area contributed by atoms with Crippen LogP contribution in [0.2, 0.25) is 5.02 Å². The summed E-state index contributed by atoms with van der Waals surface area (Å²) in [5.41, 5.74) is 0.0865. The Morgan fingerprint density at radius 3 is 2.33 bits per heavy atom. The van der Waals surface area contributed by atoms with Crippen LogP contribution in [0.1, 0.15) is 12.5 Å².